The number of amides is 1. The van der Waals surface area contributed by atoms with Gasteiger partial charge >= 0.3 is 0 Å². The Hall–Kier alpha value is -3.55. The van der Waals surface area contributed by atoms with Crippen LogP contribution in [0.5, 0.6) is 5.75 Å². The Kier molecular flexibility index (Phi) is 4.97. The van der Waals surface area contributed by atoms with Crippen LogP contribution in [-0.2, 0) is 0 Å². The summed E-state index contributed by atoms with van der Waals surface area (Å²) in [6.45, 7) is 0.670. The van der Waals surface area contributed by atoms with Crippen LogP contribution in [0.3, 0.4) is 0 Å². The molecule has 1 aliphatic heterocycles. The van der Waals surface area contributed by atoms with Crippen LogP contribution in [0, 0.1) is 11.7 Å². The van der Waals surface area contributed by atoms with E-state index in [9.17, 15) is 9.18 Å². The van der Waals surface area contributed by atoms with Gasteiger partial charge in [0.15, 0.2) is 5.82 Å². The molecule has 1 aromatic carbocycles. The fourth-order valence-electron chi connectivity index (χ4n) is 4.70. The largest absolute Gasteiger partial charge is 0.495 e. The standard InChI is InChI=1S/C23H22FN5O2/c1-31-15-6-7-20(27-12-15)28-18-10-14-11-19(18)29(13-14)23(30)16-4-2-5-17(24)21(16)22-25-8-3-9-26-22/h2-9,12,14,18-19H,10-11,13H2,1H3,(H,27,28)/t14-,18-,19+/m1/s1. The molecular weight excluding hydrogens is 397 g/mol. The number of fused-ring (bicyclic) bond motifs is 2. The zero-order valence-corrected chi connectivity index (χ0v) is 17.0. The van der Waals surface area contributed by atoms with Crippen molar-refractivity contribution >= 4 is 11.7 Å². The lowest BCUT2D eigenvalue weighted by Gasteiger charge is -2.34. The first-order valence-electron chi connectivity index (χ1n) is 10.3. The summed E-state index contributed by atoms with van der Waals surface area (Å²) in [4.78, 5) is 28.1. The van der Waals surface area contributed by atoms with Crippen LogP contribution in [0.25, 0.3) is 11.4 Å². The molecule has 2 bridgehead atoms. The van der Waals surface area contributed by atoms with Gasteiger partial charge in [-0.2, -0.15) is 0 Å². The molecule has 7 nitrogen and oxygen atoms in total. The van der Waals surface area contributed by atoms with Gasteiger partial charge in [0, 0.05) is 25.0 Å². The molecule has 3 aromatic rings. The summed E-state index contributed by atoms with van der Waals surface area (Å²) in [5.74, 6) is 1.37. The molecule has 0 spiro atoms. The normalized spacial score (nSPS) is 21.9. The molecule has 1 N–H and O–H groups in total. The first-order valence-corrected chi connectivity index (χ1v) is 10.3. The quantitative estimate of drug-likeness (QED) is 0.683. The number of methoxy groups -OCH3 is 1. The predicted octanol–water partition coefficient (Wildman–Crippen LogP) is 3.40. The van der Waals surface area contributed by atoms with E-state index in [1.54, 1.807) is 43.9 Å². The topological polar surface area (TPSA) is 80.2 Å². The molecule has 1 aliphatic carbocycles. The van der Waals surface area contributed by atoms with Gasteiger partial charge in [-0.15, -0.1) is 0 Å². The smallest absolute Gasteiger partial charge is 0.255 e. The van der Waals surface area contributed by atoms with Crippen molar-refractivity contribution in [2.75, 3.05) is 19.0 Å². The number of likely N-dealkylation sites (tertiary alicyclic amines) is 1. The van der Waals surface area contributed by atoms with Crippen LogP contribution in [-0.4, -0.2) is 51.5 Å². The van der Waals surface area contributed by atoms with Crippen molar-refractivity contribution in [3.05, 3.63) is 66.4 Å². The van der Waals surface area contributed by atoms with Gasteiger partial charge in [0.25, 0.3) is 5.91 Å². The number of piperidine rings is 1. The lowest BCUT2D eigenvalue weighted by molar-refractivity contribution is 0.0692. The molecule has 0 unspecified atom stereocenters. The van der Waals surface area contributed by atoms with Gasteiger partial charge < -0.3 is 15.0 Å². The number of ether oxygens (including phenoxy) is 1. The zero-order valence-electron chi connectivity index (χ0n) is 17.0. The molecule has 158 valence electrons. The SMILES string of the molecule is COc1ccc(N[C@@H]2C[C@@H]3C[C@@H]2N(C(=O)c2cccc(F)c2-c2ncccn2)C3)nc1. The van der Waals surface area contributed by atoms with Crippen molar-refractivity contribution in [2.45, 2.75) is 24.9 Å². The first-order chi connectivity index (χ1) is 15.1. The van der Waals surface area contributed by atoms with Crippen molar-refractivity contribution in [3.63, 3.8) is 0 Å². The van der Waals surface area contributed by atoms with Crippen molar-refractivity contribution in [1.29, 1.82) is 0 Å². The van der Waals surface area contributed by atoms with Gasteiger partial charge in [-0.1, -0.05) is 6.07 Å². The number of nitrogens with zero attached hydrogens (tertiary/aromatic N) is 4. The highest BCUT2D eigenvalue weighted by molar-refractivity contribution is 6.00. The minimum atomic E-state index is -0.501. The van der Waals surface area contributed by atoms with Gasteiger partial charge in [0.1, 0.15) is 17.4 Å². The van der Waals surface area contributed by atoms with Crippen LogP contribution in [0.1, 0.15) is 23.2 Å². The molecule has 0 radical (unpaired) electrons. The van der Waals surface area contributed by atoms with E-state index < -0.39 is 5.82 Å². The summed E-state index contributed by atoms with van der Waals surface area (Å²) in [6.07, 6.45) is 6.65. The van der Waals surface area contributed by atoms with E-state index in [2.05, 4.69) is 20.3 Å². The second-order valence-corrected chi connectivity index (χ2v) is 7.93. The number of carbonyl (C=O) groups excluding carboxylic acids is 1. The summed E-state index contributed by atoms with van der Waals surface area (Å²) in [6, 6.07) is 10.0. The number of hydrogen-bond donors (Lipinski definition) is 1. The number of aromatic nitrogens is 3. The van der Waals surface area contributed by atoms with E-state index in [0.29, 0.717) is 23.8 Å². The summed E-state index contributed by atoms with van der Waals surface area (Å²) in [5.41, 5.74) is 0.442. The van der Waals surface area contributed by atoms with Gasteiger partial charge in [-0.25, -0.2) is 19.3 Å². The Balaban J connectivity index is 1.40. The molecule has 1 amide bonds. The van der Waals surface area contributed by atoms with E-state index in [1.807, 2.05) is 17.0 Å². The number of hydrogen-bond acceptors (Lipinski definition) is 6. The minimum Gasteiger partial charge on any atom is -0.495 e. The highest BCUT2D eigenvalue weighted by Gasteiger charge is 2.47. The lowest BCUT2D eigenvalue weighted by Crippen LogP contribution is -2.47. The Labute approximate surface area is 179 Å². The summed E-state index contributed by atoms with van der Waals surface area (Å²) < 4.78 is 19.9. The molecule has 31 heavy (non-hydrogen) atoms. The summed E-state index contributed by atoms with van der Waals surface area (Å²) in [7, 11) is 1.60. The van der Waals surface area contributed by atoms with Crippen molar-refractivity contribution in [2.24, 2.45) is 5.92 Å². The average molecular weight is 419 g/mol. The number of benzene rings is 1. The van der Waals surface area contributed by atoms with Crippen LogP contribution in [0.15, 0.2) is 55.0 Å². The highest BCUT2D eigenvalue weighted by Crippen LogP contribution is 2.40. The molecule has 2 aromatic heterocycles. The van der Waals surface area contributed by atoms with E-state index in [4.69, 9.17) is 4.74 Å². The van der Waals surface area contributed by atoms with Crippen molar-refractivity contribution in [3.8, 4) is 17.1 Å². The molecule has 2 fully saturated rings. The van der Waals surface area contributed by atoms with Crippen molar-refractivity contribution in [1.82, 2.24) is 19.9 Å². The Bertz CT molecular complexity index is 1090. The van der Waals surface area contributed by atoms with Gasteiger partial charge in [-0.3, -0.25) is 4.79 Å². The van der Waals surface area contributed by atoms with E-state index in [0.717, 1.165) is 18.7 Å². The van der Waals surface area contributed by atoms with Crippen LogP contribution in [0.2, 0.25) is 0 Å². The third-order valence-electron chi connectivity index (χ3n) is 6.08. The lowest BCUT2D eigenvalue weighted by atomic mass is 10.0. The van der Waals surface area contributed by atoms with E-state index in [1.165, 1.54) is 6.07 Å². The third kappa shape index (κ3) is 3.58. The minimum absolute atomic E-state index is 0.0224. The monoisotopic (exact) mass is 419 g/mol. The number of pyridine rings is 1. The van der Waals surface area contributed by atoms with Crippen molar-refractivity contribution < 1.29 is 13.9 Å². The Morgan fingerprint density at radius 3 is 2.68 bits per heavy atom. The molecule has 1 saturated heterocycles. The van der Waals surface area contributed by atoms with Crippen LogP contribution >= 0.6 is 0 Å². The number of rotatable bonds is 5. The molecule has 2 aliphatic rings. The van der Waals surface area contributed by atoms with E-state index >= 15 is 0 Å². The van der Waals surface area contributed by atoms with Crippen LogP contribution in [0.4, 0.5) is 10.2 Å². The predicted molar refractivity (Wildman–Crippen MR) is 113 cm³/mol. The second kappa shape index (κ2) is 7.94. The van der Waals surface area contributed by atoms with Gasteiger partial charge in [0.05, 0.1) is 30.5 Å². The third-order valence-corrected chi connectivity index (χ3v) is 6.08. The molecule has 3 heterocycles. The number of carbonyl (C=O) groups is 1. The maximum Gasteiger partial charge on any atom is 0.255 e. The Morgan fingerprint density at radius 1 is 1.13 bits per heavy atom. The van der Waals surface area contributed by atoms with Crippen LogP contribution < -0.4 is 10.1 Å². The first kappa shape index (κ1) is 19.4. The fourth-order valence-corrected chi connectivity index (χ4v) is 4.70. The fraction of sp³-hybridized carbons (Fsp3) is 0.304. The number of nitrogens with one attached hydrogen (secondary N) is 1. The number of halogens is 1. The molecule has 8 heteroatoms. The average Bonchev–Trinajstić information content (AvgIpc) is 3.40. The maximum atomic E-state index is 14.7. The summed E-state index contributed by atoms with van der Waals surface area (Å²) in [5, 5.41) is 3.46. The zero-order chi connectivity index (χ0) is 21.4. The molecular formula is C23H22FN5O2. The van der Waals surface area contributed by atoms with Gasteiger partial charge in [0.2, 0.25) is 0 Å². The Morgan fingerprint density at radius 2 is 1.97 bits per heavy atom. The van der Waals surface area contributed by atoms with Gasteiger partial charge in [-0.05, 0) is 49.1 Å². The molecule has 3 atom stereocenters. The van der Waals surface area contributed by atoms with E-state index in [-0.39, 0.29) is 29.4 Å². The number of anilines is 1. The summed E-state index contributed by atoms with van der Waals surface area (Å²) >= 11 is 0. The molecule has 1 saturated carbocycles. The highest BCUT2D eigenvalue weighted by atomic mass is 19.1. The second-order valence-electron chi connectivity index (χ2n) is 7.93. The maximum absolute atomic E-state index is 14.7. The molecule has 5 rings (SSSR count).